The molecule has 3 aliphatic rings. The number of benzene rings is 9. The summed E-state index contributed by atoms with van der Waals surface area (Å²) in [4.78, 5) is 0. The fourth-order valence-electron chi connectivity index (χ4n) is 10.5. The summed E-state index contributed by atoms with van der Waals surface area (Å²) in [6.45, 7) is 0. The maximum absolute atomic E-state index is 2.36. The smallest absolute Gasteiger partial charge is 0.00992 e. The van der Waals surface area contributed by atoms with E-state index >= 15 is 0 Å². The molecule has 0 heterocycles. The van der Waals surface area contributed by atoms with Gasteiger partial charge in [-0.05, 0) is 176 Å². The van der Waals surface area contributed by atoms with Crippen LogP contribution in [0.1, 0.15) is 71.9 Å². The maximum atomic E-state index is 2.36. The number of hydrogen-bond donors (Lipinski definition) is 0. The van der Waals surface area contributed by atoms with Crippen LogP contribution in [0.3, 0.4) is 0 Å². The van der Waals surface area contributed by atoms with Crippen molar-refractivity contribution in [2.75, 3.05) is 0 Å². The average Bonchev–Trinajstić information content (AvgIpc) is 3.33. The van der Waals surface area contributed by atoms with Crippen molar-refractivity contribution in [3.8, 4) is 33.4 Å². The Morgan fingerprint density at radius 1 is 0.200 bits per heavy atom. The predicted octanol–water partition coefficient (Wildman–Crippen LogP) is 16.2. The molecule has 0 amide bonds. The van der Waals surface area contributed by atoms with Gasteiger partial charge in [0.25, 0.3) is 0 Å². The van der Waals surface area contributed by atoms with Gasteiger partial charge in [-0.15, -0.1) is 0 Å². The van der Waals surface area contributed by atoms with E-state index in [1.807, 2.05) is 0 Å². The molecule has 0 fully saturated rings. The number of hydrogen-bond acceptors (Lipinski definition) is 0. The lowest BCUT2D eigenvalue weighted by atomic mass is 9.81. The molecule has 0 nitrogen and oxygen atoms in total. The largest absolute Gasteiger partial charge is 0.0616 e. The number of fused-ring (bicyclic) bond motifs is 6. The van der Waals surface area contributed by atoms with E-state index in [1.54, 1.807) is 33.4 Å². The molecule has 0 bridgehead atoms. The molecule has 0 aromatic heterocycles. The molecule has 0 saturated carbocycles. The van der Waals surface area contributed by atoms with E-state index in [4.69, 9.17) is 0 Å². The van der Waals surface area contributed by atoms with Crippen molar-refractivity contribution in [3.05, 3.63) is 215 Å². The summed E-state index contributed by atoms with van der Waals surface area (Å²) in [6, 6.07) is 66.3. The fraction of sp³-hybridized carbons (Fsp3) is 0.200. The summed E-state index contributed by atoms with van der Waals surface area (Å²) >= 11 is 0. The minimum atomic E-state index is 1.23. The molecule has 9 aromatic rings. The third-order valence-electron chi connectivity index (χ3n) is 13.4. The molecule has 60 heavy (non-hydrogen) atoms. The maximum Gasteiger partial charge on any atom is -0.00992 e. The first kappa shape index (κ1) is 38.0. The van der Waals surface area contributed by atoms with Gasteiger partial charge in [0.1, 0.15) is 0 Å². The molecule has 0 atom stereocenters. The molecule has 9 aromatic carbocycles. The summed E-state index contributed by atoms with van der Waals surface area (Å²) < 4.78 is 0. The van der Waals surface area contributed by atoms with Gasteiger partial charge >= 0.3 is 0 Å². The molecular weight excluding hydrogens is 721 g/mol. The molecule has 0 radical (unpaired) electrons. The molecule has 3 aliphatic carbocycles. The zero-order valence-electron chi connectivity index (χ0n) is 34.8. The Kier molecular flexibility index (Phi) is 11.1. The lowest BCUT2D eigenvalue weighted by molar-refractivity contribution is 0.681. The van der Waals surface area contributed by atoms with Crippen LogP contribution in [0, 0.1) is 0 Å². The van der Waals surface area contributed by atoms with E-state index in [9.17, 15) is 0 Å². The number of aryl methyl sites for hydroxylation is 3. The normalized spacial score (nSPS) is 14.2. The van der Waals surface area contributed by atoms with E-state index in [-0.39, 0.29) is 0 Å². The molecule has 0 aliphatic heterocycles. The van der Waals surface area contributed by atoms with Crippen molar-refractivity contribution >= 4 is 32.3 Å². The van der Waals surface area contributed by atoms with Crippen molar-refractivity contribution in [1.82, 2.24) is 0 Å². The highest BCUT2D eigenvalue weighted by Gasteiger charge is 2.19. The predicted molar refractivity (Wildman–Crippen MR) is 258 cm³/mol. The number of rotatable bonds is 3. The Labute approximate surface area is 356 Å². The summed E-state index contributed by atoms with van der Waals surface area (Å²) in [5, 5.41) is 7.90. The van der Waals surface area contributed by atoms with Gasteiger partial charge in [0.15, 0.2) is 0 Å². The lowest BCUT2D eigenvalue weighted by Gasteiger charge is -2.24. The van der Waals surface area contributed by atoms with Crippen LogP contribution in [0.4, 0.5) is 0 Å². The lowest BCUT2D eigenvalue weighted by Crippen LogP contribution is -2.08. The first-order valence-electron chi connectivity index (χ1n) is 22.6. The highest BCUT2D eigenvalue weighted by molar-refractivity contribution is 6.05. The molecule has 0 heteroatoms. The van der Waals surface area contributed by atoms with Gasteiger partial charge in [-0.25, -0.2) is 0 Å². The second-order valence-electron chi connectivity index (χ2n) is 17.0. The monoisotopic (exact) mass is 774 g/mol. The summed E-state index contributed by atoms with van der Waals surface area (Å²) in [6.07, 6.45) is 15.7. The topological polar surface area (TPSA) is 0 Å². The van der Waals surface area contributed by atoms with E-state index in [0.717, 1.165) is 0 Å². The second kappa shape index (κ2) is 17.5. The van der Waals surface area contributed by atoms with Crippen LogP contribution in [0.15, 0.2) is 182 Å². The summed E-state index contributed by atoms with van der Waals surface area (Å²) in [5.41, 5.74) is 18.1. The highest BCUT2D eigenvalue weighted by atomic mass is 14.2. The van der Waals surface area contributed by atoms with Gasteiger partial charge in [-0.2, -0.15) is 0 Å². The zero-order valence-corrected chi connectivity index (χ0v) is 34.8. The van der Waals surface area contributed by atoms with Crippen molar-refractivity contribution in [3.63, 3.8) is 0 Å². The van der Waals surface area contributed by atoms with Gasteiger partial charge in [0, 0.05) is 0 Å². The minimum absolute atomic E-state index is 1.23. The van der Waals surface area contributed by atoms with Crippen LogP contribution in [-0.2, 0) is 38.5 Å². The van der Waals surface area contributed by atoms with Gasteiger partial charge in [-0.1, -0.05) is 182 Å². The third kappa shape index (κ3) is 7.68. The van der Waals surface area contributed by atoms with E-state index < -0.39 is 0 Å². The van der Waals surface area contributed by atoms with Crippen LogP contribution in [-0.4, -0.2) is 0 Å². The van der Waals surface area contributed by atoms with Crippen molar-refractivity contribution in [1.29, 1.82) is 0 Å². The van der Waals surface area contributed by atoms with Crippen molar-refractivity contribution < 1.29 is 0 Å². The third-order valence-corrected chi connectivity index (χ3v) is 13.4. The van der Waals surface area contributed by atoms with E-state index in [1.165, 1.54) is 143 Å². The van der Waals surface area contributed by atoms with Crippen LogP contribution in [0.2, 0.25) is 0 Å². The van der Waals surface area contributed by atoms with Crippen LogP contribution >= 0.6 is 0 Å². The Balaban J connectivity index is 0.000000108. The molecule has 0 unspecified atom stereocenters. The van der Waals surface area contributed by atoms with Crippen molar-refractivity contribution in [2.45, 2.75) is 77.0 Å². The van der Waals surface area contributed by atoms with Gasteiger partial charge in [-0.3, -0.25) is 0 Å². The van der Waals surface area contributed by atoms with E-state index in [2.05, 4.69) is 182 Å². The van der Waals surface area contributed by atoms with Gasteiger partial charge in [0.2, 0.25) is 0 Å². The molecule has 294 valence electrons. The Morgan fingerprint density at radius 2 is 0.450 bits per heavy atom. The Hall–Kier alpha value is -6.24. The van der Waals surface area contributed by atoms with Crippen LogP contribution < -0.4 is 0 Å². The summed E-state index contributed by atoms with van der Waals surface area (Å²) in [5.74, 6) is 0. The molecular formula is C60H54. The van der Waals surface area contributed by atoms with Gasteiger partial charge in [0.05, 0.1) is 0 Å². The first-order valence-corrected chi connectivity index (χ1v) is 22.6. The Bertz CT molecular complexity index is 2790. The average molecular weight is 775 g/mol. The first-order chi connectivity index (χ1) is 29.8. The molecule has 0 N–H and O–H groups in total. The molecule has 12 rings (SSSR count). The molecule has 0 saturated heterocycles. The molecule has 0 spiro atoms. The van der Waals surface area contributed by atoms with Crippen LogP contribution in [0.5, 0.6) is 0 Å². The zero-order chi connectivity index (χ0) is 40.1. The minimum Gasteiger partial charge on any atom is -0.0616 e. The van der Waals surface area contributed by atoms with Gasteiger partial charge < -0.3 is 0 Å². The standard InChI is InChI=1S/C20H22.C20H18.C20H14/c3*1-3-11-17-15(7-1)9-5-13-19(17)20-14-6-10-16-8-2-4-12-18(16)20/h5-6,9-10,13-14H,1-4,7-8,11-12H2;1,3,5-7,9-11,13-14H,2,4,8,12H2;1-14H. The van der Waals surface area contributed by atoms with E-state index in [0.29, 0.717) is 0 Å². The van der Waals surface area contributed by atoms with Crippen molar-refractivity contribution in [2.24, 2.45) is 0 Å². The highest BCUT2D eigenvalue weighted by Crippen LogP contribution is 2.38. The Morgan fingerprint density at radius 3 is 0.817 bits per heavy atom. The quantitative estimate of drug-likeness (QED) is 0.168. The summed E-state index contributed by atoms with van der Waals surface area (Å²) in [7, 11) is 0. The van der Waals surface area contributed by atoms with Crippen LogP contribution in [0.25, 0.3) is 65.7 Å². The SMILES string of the molecule is c1cc2c(c(-c3cccc4c3CCCC4)c1)CCCC2.c1cc2c(c(-c3cccc4ccccc34)c1)CCCC2.c1ccc2c(-c3cccc4ccccc34)cccc2c1. The fourth-order valence-corrected chi connectivity index (χ4v) is 10.5. The second-order valence-corrected chi connectivity index (χ2v) is 17.0.